The summed E-state index contributed by atoms with van der Waals surface area (Å²) in [5, 5.41) is 5.44. The van der Waals surface area contributed by atoms with Gasteiger partial charge >= 0.3 is 17.9 Å². The number of methoxy groups -OCH3 is 3. The summed E-state index contributed by atoms with van der Waals surface area (Å²) in [5.74, 6) is -5.09. The average molecular weight is 647 g/mol. The molecule has 0 radical (unpaired) electrons. The van der Waals surface area contributed by atoms with Crippen LogP contribution in [0, 0.1) is 17.3 Å². The van der Waals surface area contributed by atoms with Gasteiger partial charge in [0.25, 0.3) is 0 Å². The highest BCUT2D eigenvalue weighted by atomic mass is 16.5. The van der Waals surface area contributed by atoms with Gasteiger partial charge in [-0.2, -0.15) is 0 Å². The van der Waals surface area contributed by atoms with E-state index >= 15 is 0 Å². The lowest BCUT2D eigenvalue weighted by atomic mass is 9.76. The minimum absolute atomic E-state index is 0.0139. The van der Waals surface area contributed by atoms with Gasteiger partial charge < -0.3 is 14.2 Å². The molecular formula is C38H34N2O8. The first-order chi connectivity index (χ1) is 23.2. The van der Waals surface area contributed by atoms with Crippen LogP contribution < -0.4 is 10.2 Å². The first-order valence-electron chi connectivity index (χ1n) is 15.7. The minimum atomic E-state index is -1.57. The molecule has 10 nitrogen and oxygen atoms in total. The topological polar surface area (TPSA) is 128 Å². The molecule has 0 bridgehead atoms. The molecule has 3 aliphatic rings. The number of hydrogen-bond acceptors (Lipinski definition) is 9. The number of nitrogens with one attached hydrogen (secondary N) is 1. The highest BCUT2D eigenvalue weighted by Crippen LogP contribution is 2.52. The molecule has 244 valence electrons. The third kappa shape index (κ3) is 4.62. The Morgan fingerprint density at radius 1 is 0.729 bits per heavy atom. The number of nitrogens with zero attached hydrogens (tertiary/aromatic N) is 1. The SMILES string of the molecule is COC(=O)C1(C(=O)OC)Cc2ccc(N3C(=O)[C@H]4[C@@H](C3=O)[C@@](Cc3ccccc3)(C(=O)OC)N[C@H]4c3ccc4ccccc4c3)cc2C1. The van der Waals surface area contributed by atoms with E-state index in [1.165, 1.54) is 21.3 Å². The zero-order valence-electron chi connectivity index (χ0n) is 26.7. The smallest absolute Gasteiger partial charge is 0.327 e. The number of carbonyl (C=O) groups is 5. The van der Waals surface area contributed by atoms with E-state index in [2.05, 4.69) is 5.32 Å². The molecule has 0 saturated carbocycles. The second-order valence-corrected chi connectivity index (χ2v) is 12.7. The summed E-state index contributed by atoms with van der Waals surface area (Å²) < 4.78 is 15.3. The van der Waals surface area contributed by atoms with Crippen LogP contribution in [0.15, 0.2) is 91.0 Å². The van der Waals surface area contributed by atoms with Crippen LogP contribution in [0.4, 0.5) is 5.69 Å². The molecule has 2 fully saturated rings. The lowest BCUT2D eigenvalue weighted by molar-refractivity contribution is -0.168. The van der Waals surface area contributed by atoms with Crippen molar-refractivity contribution < 1.29 is 38.2 Å². The predicted molar refractivity (Wildman–Crippen MR) is 175 cm³/mol. The molecule has 2 saturated heterocycles. The van der Waals surface area contributed by atoms with Crippen molar-refractivity contribution in [2.45, 2.75) is 30.8 Å². The Kier molecular flexibility index (Phi) is 7.63. The average Bonchev–Trinajstić information content (AvgIpc) is 3.76. The molecule has 0 unspecified atom stereocenters. The molecule has 48 heavy (non-hydrogen) atoms. The third-order valence-electron chi connectivity index (χ3n) is 10.2. The van der Waals surface area contributed by atoms with Crippen LogP contribution >= 0.6 is 0 Å². The largest absolute Gasteiger partial charge is 0.468 e. The summed E-state index contributed by atoms with van der Waals surface area (Å²) in [6, 6.07) is 27.4. The van der Waals surface area contributed by atoms with Gasteiger partial charge in [0.1, 0.15) is 5.54 Å². The van der Waals surface area contributed by atoms with Crippen LogP contribution in [0.5, 0.6) is 0 Å². The van der Waals surface area contributed by atoms with Crippen LogP contribution in [0.25, 0.3) is 10.8 Å². The molecule has 0 spiro atoms. The molecule has 0 aromatic heterocycles. The van der Waals surface area contributed by atoms with Crippen molar-refractivity contribution in [2.24, 2.45) is 17.3 Å². The predicted octanol–water partition coefficient (Wildman–Crippen LogP) is 3.88. The van der Waals surface area contributed by atoms with Crippen LogP contribution in [-0.2, 0) is 57.4 Å². The van der Waals surface area contributed by atoms with Gasteiger partial charge in [0.05, 0.1) is 38.9 Å². The van der Waals surface area contributed by atoms with Gasteiger partial charge in [0.2, 0.25) is 11.8 Å². The Morgan fingerprint density at radius 3 is 2.06 bits per heavy atom. The second kappa shape index (κ2) is 11.7. The summed E-state index contributed by atoms with van der Waals surface area (Å²) in [6.45, 7) is 0. The lowest BCUT2D eigenvalue weighted by Gasteiger charge is -2.32. The van der Waals surface area contributed by atoms with Crippen molar-refractivity contribution in [3.05, 3.63) is 113 Å². The van der Waals surface area contributed by atoms with Crippen molar-refractivity contribution >= 4 is 46.2 Å². The molecule has 4 aromatic carbocycles. The Bertz CT molecular complexity index is 1980. The monoisotopic (exact) mass is 646 g/mol. The van der Waals surface area contributed by atoms with Gasteiger partial charge in [-0.3, -0.25) is 29.3 Å². The van der Waals surface area contributed by atoms with Gasteiger partial charge in [-0.15, -0.1) is 0 Å². The van der Waals surface area contributed by atoms with E-state index in [0.717, 1.165) is 26.8 Å². The zero-order valence-corrected chi connectivity index (χ0v) is 26.7. The number of ether oxygens (including phenoxy) is 3. The molecule has 2 amide bonds. The molecule has 4 atom stereocenters. The number of rotatable bonds is 7. The van der Waals surface area contributed by atoms with E-state index < -0.39 is 58.6 Å². The van der Waals surface area contributed by atoms with Crippen molar-refractivity contribution in [1.82, 2.24) is 5.32 Å². The summed E-state index contributed by atoms with van der Waals surface area (Å²) >= 11 is 0. The first-order valence-corrected chi connectivity index (χ1v) is 15.7. The van der Waals surface area contributed by atoms with E-state index in [4.69, 9.17) is 14.2 Å². The standard InChI is InChI=1S/C38H34N2O8/c1-46-34(43)37(35(44)47-2)20-26-15-16-28(18-27(26)21-37)40-32(41)29-30(33(40)42)38(36(45)48-3,19-22-9-5-4-6-10-22)39-31(29)25-14-13-23-11-7-8-12-24(23)17-25/h4-18,29-31,39H,19-21H2,1-3H3/t29-,30-,31-,38-/m0/s1. The van der Waals surface area contributed by atoms with E-state index in [1.54, 1.807) is 18.2 Å². The fourth-order valence-corrected chi connectivity index (χ4v) is 8.03. The number of fused-ring (bicyclic) bond motifs is 3. The van der Waals surface area contributed by atoms with Crippen molar-refractivity contribution in [3.63, 3.8) is 0 Å². The fourth-order valence-electron chi connectivity index (χ4n) is 8.03. The number of imide groups is 1. The van der Waals surface area contributed by atoms with E-state index in [1.807, 2.05) is 72.8 Å². The number of hydrogen-bond donors (Lipinski definition) is 1. The number of anilines is 1. The third-order valence-corrected chi connectivity index (χ3v) is 10.2. The Morgan fingerprint density at radius 2 is 1.38 bits per heavy atom. The van der Waals surface area contributed by atoms with Gasteiger partial charge in [-0.05, 0) is 64.1 Å². The molecule has 1 aliphatic carbocycles. The van der Waals surface area contributed by atoms with E-state index in [0.29, 0.717) is 16.8 Å². The van der Waals surface area contributed by atoms with Crippen molar-refractivity contribution in [3.8, 4) is 0 Å². The Balaban J connectivity index is 1.34. The van der Waals surface area contributed by atoms with E-state index in [9.17, 15) is 24.0 Å². The van der Waals surface area contributed by atoms with E-state index in [-0.39, 0.29) is 19.3 Å². The quantitative estimate of drug-likeness (QED) is 0.138. The molecule has 10 heteroatoms. The van der Waals surface area contributed by atoms with Crippen molar-refractivity contribution in [2.75, 3.05) is 26.2 Å². The number of amides is 2. The molecular weight excluding hydrogens is 612 g/mol. The molecule has 2 aliphatic heterocycles. The number of carbonyl (C=O) groups excluding carboxylic acids is 5. The van der Waals surface area contributed by atoms with Crippen LogP contribution in [0.1, 0.15) is 28.3 Å². The summed E-state index contributed by atoms with van der Waals surface area (Å²) in [6.07, 6.45) is 0.162. The molecule has 4 aromatic rings. The maximum Gasteiger partial charge on any atom is 0.327 e. The molecule has 2 heterocycles. The van der Waals surface area contributed by atoms with Crippen LogP contribution in [-0.4, -0.2) is 56.6 Å². The van der Waals surface area contributed by atoms with Crippen LogP contribution in [0.3, 0.4) is 0 Å². The van der Waals surface area contributed by atoms with Gasteiger partial charge in [-0.1, -0.05) is 72.8 Å². The van der Waals surface area contributed by atoms with Gasteiger partial charge in [0.15, 0.2) is 5.41 Å². The van der Waals surface area contributed by atoms with Gasteiger partial charge in [-0.25, -0.2) is 4.90 Å². The zero-order chi connectivity index (χ0) is 33.8. The minimum Gasteiger partial charge on any atom is -0.468 e. The second-order valence-electron chi connectivity index (χ2n) is 12.7. The van der Waals surface area contributed by atoms with Crippen LogP contribution in [0.2, 0.25) is 0 Å². The molecule has 1 N–H and O–H groups in total. The summed E-state index contributed by atoms with van der Waals surface area (Å²) in [4.78, 5) is 70.0. The summed E-state index contributed by atoms with van der Waals surface area (Å²) in [7, 11) is 3.71. The fraction of sp³-hybridized carbons (Fsp3) is 0.289. The number of benzene rings is 4. The van der Waals surface area contributed by atoms with Crippen molar-refractivity contribution in [1.29, 1.82) is 0 Å². The Hall–Kier alpha value is -5.35. The molecule has 7 rings (SSSR count). The maximum atomic E-state index is 14.7. The maximum absolute atomic E-state index is 14.7. The Labute approximate surface area is 277 Å². The van der Waals surface area contributed by atoms with Gasteiger partial charge in [0, 0.05) is 12.5 Å². The highest BCUT2D eigenvalue weighted by Gasteiger charge is 2.69. The lowest BCUT2D eigenvalue weighted by Crippen LogP contribution is -2.57. The highest BCUT2D eigenvalue weighted by molar-refractivity contribution is 6.24. The summed E-state index contributed by atoms with van der Waals surface area (Å²) in [5.41, 5.74) is 0.0543. The normalized spacial score (nSPS) is 23.9. The number of esters is 3. The first kappa shape index (κ1) is 31.3.